The van der Waals surface area contributed by atoms with Crippen LogP contribution in [0.25, 0.3) is 0 Å². The highest BCUT2D eigenvalue weighted by molar-refractivity contribution is 5.85. The Morgan fingerprint density at radius 2 is 2.31 bits per heavy atom. The second kappa shape index (κ2) is 7.61. The first-order valence-corrected chi connectivity index (χ1v) is 4.39. The summed E-state index contributed by atoms with van der Waals surface area (Å²) in [6.07, 6.45) is 3.57. The smallest absolute Gasteiger partial charge is 0.332 e. The third kappa shape index (κ3) is 7.33. The minimum absolute atomic E-state index is 0.277. The number of nitrogens with one attached hydrogen (secondary N) is 1. The molecule has 0 bridgehead atoms. The van der Waals surface area contributed by atoms with E-state index < -0.39 is 5.97 Å². The summed E-state index contributed by atoms with van der Waals surface area (Å²) in [6.45, 7) is 4.70. The fourth-order valence-corrected chi connectivity index (χ4v) is 0.634. The van der Waals surface area contributed by atoms with E-state index in [0.717, 1.165) is 12.8 Å². The molecule has 0 aliphatic rings. The number of hydrogen-bond acceptors (Lipinski definition) is 3. The second-order valence-electron chi connectivity index (χ2n) is 2.74. The van der Waals surface area contributed by atoms with E-state index in [-0.39, 0.29) is 5.57 Å². The molecule has 0 aromatic heterocycles. The SMILES string of the molecule is CCCCOCN/C=C(\C)C(=O)O. The van der Waals surface area contributed by atoms with Crippen LogP contribution in [0.2, 0.25) is 0 Å². The number of carboxylic acid groups (broad SMARTS) is 1. The van der Waals surface area contributed by atoms with Crippen molar-refractivity contribution in [1.82, 2.24) is 5.32 Å². The van der Waals surface area contributed by atoms with Crippen molar-refractivity contribution in [3.05, 3.63) is 11.8 Å². The molecule has 76 valence electrons. The van der Waals surface area contributed by atoms with Gasteiger partial charge in [0, 0.05) is 18.4 Å². The van der Waals surface area contributed by atoms with E-state index in [1.165, 1.54) is 13.1 Å². The third-order valence-electron chi connectivity index (χ3n) is 1.48. The zero-order chi connectivity index (χ0) is 10.1. The normalized spacial score (nSPS) is 11.4. The lowest BCUT2D eigenvalue weighted by atomic mass is 10.3. The molecule has 0 aliphatic carbocycles. The maximum atomic E-state index is 10.3. The maximum Gasteiger partial charge on any atom is 0.332 e. The number of carbonyl (C=O) groups is 1. The van der Waals surface area contributed by atoms with Crippen molar-refractivity contribution in [2.45, 2.75) is 26.7 Å². The molecule has 0 fully saturated rings. The summed E-state index contributed by atoms with van der Waals surface area (Å²) in [5.74, 6) is -0.916. The van der Waals surface area contributed by atoms with Gasteiger partial charge in [-0.3, -0.25) is 0 Å². The summed E-state index contributed by atoms with van der Waals surface area (Å²) in [7, 11) is 0. The molecule has 13 heavy (non-hydrogen) atoms. The predicted octanol–water partition coefficient (Wildman–Crippen LogP) is 1.34. The lowest BCUT2D eigenvalue weighted by Crippen LogP contribution is -2.13. The van der Waals surface area contributed by atoms with Gasteiger partial charge in [-0.05, 0) is 13.3 Å². The van der Waals surface area contributed by atoms with Gasteiger partial charge >= 0.3 is 5.97 Å². The highest BCUT2D eigenvalue weighted by Gasteiger charge is 1.96. The lowest BCUT2D eigenvalue weighted by Gasteiger charge is -2.02. The second-order valence-corrected chi connectivity index (χ2v) is 2.74. The molecular weight excluding hydrogens is 170 g/mol. The van der Waals surface area contributed by atoms with Crippen LogP contribution in [0.3, 0.4) is 0 Å². The van der Waals surface area contributed by atoms with Crippen molar-refractivity contribution >= 4 is 5.97 Å². The van der Waals surface area contributed by atoms with Crippen LogP contribution in [0.5, 0.6) is 0 Å². The van der Waals surface area contributed by atoms with Gasteiger partial charge in [0.2, 0.25) is 0 Å². The standard InChI is InChI=1S/C9H17NO3/c1-3-4-5-13-7-10-6-8(2)9(11)12/h6,10H,3-5,7H2,1-2H3,(H,11,12)/b8-6+. The summed E-state index contributed by atoms with van der Waals surface area (Å²) in [6, 6.07) is 0. The van der Waals surface area contributed by atoms with E-state index in [1.54, 1.807) is 0 Å². The molecule has 0 radical (unpaired) electrons. The van der Waals surface area contributed by atoms with Crippen LogP contribution in [-0.4, -0.2) is 24.4 Å². The molecule has 4 nitrogen and oxygen atoms in total. The Hall–Kier alpha value is -1.03. The topological polar surface area (TPSA) is 58.6 Å². The molecular formula is C9H17NO3. The first-order chi connectivity index (χ1) is 6.18. The third-order valence-corrected chi connectivity index (χ3v) is 1.48. The number of unbranched alkanes of at least 4 members (excludes halogenated alkanes) is 1. The molecule has 0 aliphatic heterocycles. The van der Waals surface area contributed by atoms with Gasteiger partial charge in [-0.2, -0.15) is 0 Å². The Bertz CT molecular complexity index is 178. The molecule has 0 atom stereocenters. The fraction of sp³-hybridized carbons (Fsp3) is 0.667. The zero-order valence-corrected chi connectivity index (χ0v) is 8.17. The van der Waals surface area contributed by atoms with Crippen LogP contribution in [0.1, 0.15) is 26.7 Å². The van der Waals surface area contributed by atoms with Gasteiger partial charge in [-0.15, -0.1) is 0 Å². The average molecular weight is 187 g/mol. The summed E-state index contributed by atoms with van der Waals surface area (Å²) < 4.78 is 5.16. The van der Waals surface area contributed by atoms with Crippen molar-refractivity contribution in [3.63, 3.8) is 0 Å². The van der Waals surface area contributed by atoms with Crippen molar-refractivity contribution in [1.29, 1.82) is 0 Å². The van der Waals surface area contributed by atoms with Gasteiger partial charge in [0.1, 0.15) is 6.73 Å². The summed E-state index contributed by atoms with van der Waals surface area (Å²) in [5.41, 5.74) is 0.277. The van der Waals surface area contributed by atoms with Crippen LogP contribution in [-0.2, 0) is 9.53 Å². The summed E-state index contributed by atoms with van der Waals surface area (Å²) in [5, 5.41) is 11.2. The van der Waals surface area contributed by atoms with Gasteiger partial charge in [0.05, 0.1) is 0 Å². The van der Waals surface area contributed by atoms with Gasteiger partial charge < -0.3 is 15.2 Å². The summed E-state index contributed by atoms with van der Waals surface area (Å²) in [4.78, 5) is 10.3. The Morgan fingerprint density at radius 1 is 1.62 bits per heavy atom. The Labute approximate surface area is 78.6 Å². The first kappa shape index (κ1) is 12.0. The predicted molar refractivity (Wildman–Crippen MR) is 50.3 cm³/mol. The number of hydrogen-bond donors (Lipinski definition) is 2. The Balaban J connectivity index is 3.34. The van der Waals surface area contributed by atoms with Crippen LogP contribution >= 0.6 is 0 Å². The molecule has 0 heterocycles. The first-order valence-electron chi connectivity index (χ1n) is 4.39. The summed E-state index contributed by atoms with van der Waals surface area (Å²) >= 11 is 0. The Kier molecular flexibility index (Phi) is 7.01. The zero-order valence-electron chi connectivity index (χ0n) is 8.17. The molecule has 0 saturated heterocycles. The van der Waals surface area contributed by atoms with Crippen LogP contribution in [0.4, 0.5) is 0 Å². The minimum Gasteiger partial charge on any atom is -0.478 e. The molecule has 0 unspecified atom stereocenters. The van der Waals surface area contributed by atoms with Crippen LogP contribution in [0.15, 0.2) is 11.8 Å². The molecule has 0 amide bonds. The Morgan fingerprint density at radius 3 is 2.85 bits per heavy atom. The molecule has 0 aromatic carbocycles. The molecule has 4 heteroatoms. The van der Waals surface area contributed by atoms with Crippen LogP contribution < -0.4 is 5.32 Å². The van der Waals surface area contributed by atoms with Crippen molar-refractivity contribution in [2.24, 2.45) is 0 Å². The maximum absolute atomic E-state index is 10.3. The van der Waals surface area contributed by atoms with Gasteiger partial charge in [-0.25, -0.2) is 4.79 Å². The van der Waals surface area contributed by atoms with Crippen molar-refractivity contribution in [2.75, 3.05) is 13.3 Å². The van der Waals surface area contributed by atoms with E-state index in [0.29, 0.717) is 13.3 Å². The van der Waals surface area contributed by atoms with Crippen molar-refractivity contribution < 1.29 is 14.6 Å². The fourth-order valence-electron chi connectivity index (χ4n) is 0.634. The van der Waals surface area contributed by atoms with E-state index in [4.69, 9.17) is 9.84 Å². The van der Waals surface area contributed by atoms with Crippen molar-refractivity contribution in [3.8, 4) is 0 Å². The quantitative estimate of drug-likeness (QED) is 0.359. The molecule has 0 spiro atoms. The van der Waals surface area contributed by atoms with E-state index in [1.807, 2.05) is 0 Å². The van der Waals surface area contributed by atoms with Gasteiger partial charge in [0.25, 0.3) is 0 Å². The highest BCUT2D eigenvalue weighted by atomic mass is 16.5. The minimum atomic E-state index is -0.916. The number of aliphatic carboxylic acids is 1. The van der Waals surface area contributed by atoms with E-state index in [9.17, 15) is 4.79 Å². The molecule has 0 rings (SSSR count). The average Bonchev–Trinajstić information content (AvgIpc) is 2.10. The highest BCUT2D eigenvalue weighted by Crippen LogP contribution is 1.89. The largest absolute Gasteiger partial charge is 0.478 e. The molecule has 2 N–H and O–H groups in total. The number of carboxylic acids is 1. The molecule has 0 saturated carbocycles. The number of rotatable bonds is 7. The van der Waals surface area contributed by atoms with E-state index in [2.05, 4.69) is 12.2 Å². The van der Waals surface area contributed by atoms with Gasteiger partial charge in [-0.1, -0.05) is 13.3 Å². The monoisotopic (exact) mass is 187 g/mol. The van der Waals surface area contributed by atoms with Gasteiger partial charge in [0.15, 0.2) is 0 Å². The molecule has 0 aromatic rings. The lowest BCUT2D eigenvalue weighted by molar-refractivity contribution is -0.132. The van der Waals surface area contributed by atoms with Crippen LogP contribution in [0, 0.1) is 0 Å². The number of ether oxygens (including phenoxy) is 1. The van der Waals surface area contributed by atoms with E-state index >= 15 is 0 Å².